The van der Waals surface area contributed by atoms with Crippen molar-refractivity contribution in [1.82, 2.24) is 21.7 Å². The zero-order valence-electron chi connectivity index (χ0n) is 11.1. The van der Waals surface area contributed by atoms with Crippen LogP contribution in [0.2, 0.25) is 0 Å². The van der Waals surface area contributed by atoms with Crippen LogP contribution in [-0.4, -0.2) is 12.1 Å². The number of hydrogen-bond donors (Lipinski definition) is 4. The number of hydrazine groups is 2. The fraction of sp³-hybridized carbons (Fsp3) is 0.250. The van der Waals surface area contributed by atoms with E-state index in [1.807, 2.05) is 0 Å². The summed E-state index contributed by atoms with van der Waals surface area (Å²) in [5, 5.41) is 0. The third-order valence-corrected chi connectivity index (χ3v) is 4.23. The smallest absolute Gasteiger partial charge is 0.0645 e. The average molecular weight is 266 g/mol. The molecule has 0 bridgehead atoms. The zero-order chi connectivity index (χ0) is 13.4. The molecule has 4 heteroatoms. The van der Waals surface area contributed by atoms with E-state index in [2.05, 4.69) is 82.4 Å². The van der Waals surface area contributed by atoms with Crippen molar-refractivity contribution in [3.05, 3.63) is 71.8 Å². The summed E-state index contributed by atoms with van der Waals surface area (Å²) in [7, 11) is 0. The van der Waals surface area contributed by atoms with E-state index in [0.717, 1.165) is 0 Å². The molecule has 0 saturated carbocycles. The molecule has 2 fully saturated rings. The van der Waals surface area contributed by atoms with Crippen LogP contribution in [0.5, 0.6) is 0 Å². The quantitative estimate of drug-likeness (QED) is 0.664. The molecule has 0 aliphatic carbocycles. The molecule has 0 spiro atoms. The van der Waals surface area contributed by atoms with Gasteiger partial charge in [-0.2, -0.15) is 0 Å². The molecule has 4 rings (SSSR count). The first kappa shape index (κ1) is 12.1. The van der Waals surface area contributed by atoms with Crippen LogP contribution in [0.4, 0.5) is 0 Å². The molecule has 4 nitrogen and oxygen atoms in total. The Kier molecular flexibility index (Phi) is 3.01. The summed E-state index contributed by atoms with van der Waals surface area (Å²) < 4.78 is 0. The Bertz CT molecular complexity index is 518. The average Bonchev–Trinajstić information content (AvgIpc) is 3.10. The molecule has 4 N–H and O–H groups in total. The van der Waals surface area contributed by atoms with Crippen molar-refractivity contribution in [2.24, 2.45) is 0 Å². The van der Waals surface area contributed by atoms with Gasteiger partial charge in [-0.05, 0) is 11.1 Å². The highest BCUT2D eigenvalue weighted by Crippen LogP contribution is 2.32. The second kappa shape index (κ2) is 5.00. The second-order valence-corrected chi connectivity index (χ2v) is 5.41. The lowest BCUT2D eigenvalue weighted by Gasteiger charge is -2.17. The van der Waals surface area contributed by atoms with Gasteiger partial charge in [0.2, 0.25) is 0 Å². The van der Waals surface area contributed by atoms with Crippen LogP contribution >= 0.6 is 0 Å². The first-order valence-corrected chi connectivity index (χ1v) is 7.05. The van der Waals surface area contributed by atoms with E-state index in [4.69, 9.17) is 0 Å². The van der Waals surface area contributed by atoms with E-state index >= 15 is 0 Å². The lowest BCUT2D eigenvalue weighted by atomic mass is 9.92. The lowest BCUT2D eigenvalue weighted by Crippen LogP contribution is -2.39. The van der Waals surface area contributed by atoms with Gasteiger partial charge in [0.05, 0.1) is 24.2 Å². The number of rotatable bonds is 2. The largest absolute Gasteiger partial charge is 0.250 e. The maximum absolute atomic E-state index is 3.44. The molecule has 0 amide bonds. The monoisotopic (exact) mass is 266 g/mol. The minimum atomic E-state index is 0.280. The molecule has 20 heavy (non-hydrogen) atoms. The molecule has 0 radical (unpaired) electrons. The van der Waals surface area contributed by atoms with E-state index < -0.39 is 0 Å². The summed E-state index contributed by atoms with van der Waals surface area (Å²) >= 11 is 0. The third-order valence-electron chi connectivity index (χ3n) is 4.23. The van der Waals surface area contributed by atoms with Gasteiger partial charge < -0.3 is 0 Å². The minimum Gasteiger partial charge on any atom is -0.250 e. The Balaban J connectivity index is 1.59. The van der Waals surface area contributed by atoms with Gasteiger partial charge in [-0.3, -0.25) is 10.9 Å². The Morgan fingerprint density at radius 3 is 1.30 bits per heavy atom. The van der Waals surface area contributed by atoms with Gasteiger partial charge in [-0.15, -0.1) is 0 Å². The third kappa shape index (κ3) is 1.94. The van der Waals surface area contributed by atoms with Crippen molar-refractivity contribution in [2.45, 2.75) is 24.2 Å². The summed E-state index contributed by atoms with van der Waals surface area (Å²) in [5.74, 6) is 0. The molecular formula is C16H18N4. The molecule has 4 unspecified atom stereocenters. The van der Waals surface area contributed by atoms with Crippen LogP contribution in [0.3, 0.4) is 0 Å². The number of nitrogens with one attached hydrogen (secondary N) is 4. The Labute approximate surface area is 118 Å². The van der Waals surface area contributed by atoms with Crippen molar-refractivity contribution in [3.63, 3.8) is 0 Å². The van der Waals surface area contributed by atoms with Crippen LogP contribution < -0.4 is 21.7 Å². The number of fused-ring (bicyclic) bond motifs is 1. The molecule has 2 aliphatic rings. The van der Waals surface area contributed by atoms with Crippen molar-refractivity contribution in [2.75, 3.05) is 0 Å². The van der Waals surface area contributed by atoms with E-state index in [0.29, 0.717) is 12.1 Å². The Hall–Kier alpha value is -1.72. The van der Waals surface area contributed by atoms with Gasteiger partial charge in [-0.25, -0.2) is 10.9 Å². The van der Waals surface area contributed by atoms with Crippen molar-refractivity contribution < 1.29 is 0 Å². The van der Waals surface area contributed by atoms with Crippen molar-refractivity contribution >= 4 is 0 Å². The predicted octanol–water partition coefficient (Wildman–Crippen LogP) is 1.42. The Morgan fingerprint density at radius 1 is 0.500 bits per heavy atom. The van der Waals surface area contributed by atoms with Crippen LogP contribution in [0.15, 0.2) is 60.7 Å². The van der Waals surface area contributed by atoms with Gasteiger partial charge in [0.1, 0.15) is 0 Å². The van der Waals surface area contributed by atoms with Gasteiger partial charge in [0.25, 0.3) is 0 Å². The lowest BCUT2D eigenvalue weighted by molar-refractivity contribution is 0.431. The first-order chi connectivity index (χ1) is 9.93. The van der Waals surface area contributed by atoms with Crippen LogP contribution in [-0.2, 0) is 0 Å². The molecule has 2 aromatic carbocycles. The number of hydrogen-bond acceptors (Lipinski definition) is 4. The summed E-state index contributed by atoms with van der Waals surface area (Å²) in [6.45, 7) is 0. The van der Waals surface area contributed by atoms with E-state index in [1.165, 1.54) is 11.1 Å². The first-order valence-electron chi connectivity index (χ1n) is 7.05. The highest BCUT2D eigenvalue weighted by atomic mass is 15.6. The normalized spacial score (nSPS) is 32.2. The standard InChI is InChI=1S/C16H18N4/c1-3-7-11(8-4-1)13-15-16(20-17-13)14(18-19-15)12-9-5-2-6-10-12/h1-10,13-20H. The predicted molar refractivity (Wildman–Crippen MR) is 78.5 cm³/mol. The van der Waals surface area contributed by atoms with E-state index in [-0.39, 0.29) is 12.1 Å². The summed E-state index contributed by atoms with van der Waals surface area (Å²) in [6, 6.07) is 22.3. The van der Waals surface area contributed by atoms with Crippen LogP contribution in [0.1, 0.15) is 23.2 Å². The second-order valence-electron chi connectivity index (χ2n) is 5.41. The van der Waals surface area contributed by atoms with Gasteiger partial charge in [0.15, 0.2) is 0 Å². The van der Waals surface area contributed by atoms with Gasteiger partial charge in [0, 0.05) is 0 Å². The summed E-state index contributed by atoms with van der Waals surface area (Å²) in [5.41, 5.74) is 16.3. The molecule has 2 saturated heterocycles. The van der Waals surface area contributed by atoms with E-state index in [1.54, 1.807) is 0 Å². The highest BCUT2D eigenvalue weighted by Gasteiger charge is 2.45. The molecule has 102 valence electrons. The molecule has 4 atom stereocenters. The topological polar surface area (TPSA) is 48.1 Å². The molecular weight excluding hydrogens is 248 g/mol. The van der Waals surface area contributed by atoms with Crippen LogP contribution in [0.25, 0.3) is 0 Å². The molecule has 2 aromatic rings. The summed E-state index contributed by atoms with van der Waals surface area (Å²) in [4.78, 5) is 0. The molecule has 2 aliphatic heterocycles. The summed E-state index contributed by atoms with van der Waals surface area (Å²) in [6.07, 6.45) is 0. The van der Waals surface area contributed by atoms with Gasteiger partial charge >= 0.3 is 0 Å². The fourth-order valence-electron chi connectivity index (χ4n) is 3.21. The zero-order valence-corrected chi connectivity index (χ0v) is 11.1. The minimum absolute atomic E-state index is 0.280. The Morgan fingerprint density at radius 2 is 0.900 bits per heavy atom. The van der Waals surface area contributed by atoms with Crippen molar-refractivity contribution in [3.8, 4) is 0 Å². The SMILES string of the molecule is c1ccc(C2NNC3C(c4ccccc4)NNC23)cc1. The molecule has 0 aromatic heterocycles. The molecule has 2 heterocycles. The highest BCUT2D eigenvalue weighted by molar-refractivity contribution is 5.28. The maximum atomic E-state index is 3.44. The fourth-order valence-corrected chi connectivity index (χ4v) is 3.21. The van der Waals surface area contributed by atoms with E-state index in [9.17, 15) is 0 Å². The van der Waals surface area contributed by atoms with Crippen molar-refractivity contribution in [1.29, 1.82) is 0 Å². The maximum Gasteiger partial charge on any atom is 0.0645 e. The number of benzene rings is 2. The van der Waals surface area contributed by atoms with Crippen LogP contribution in [0, 0.1) is 0 Å². The van der Waals surface area contributed by atoms with Gasteiger partial charge in [-0.1, -0.05) is 60.7 Å².